The van der Waals surface area contributed by atoms with Crippen molar-refractivity contribution >= 4 is 16.9 Å². The summed E-state index contributed by atoms with van der Waals surface area (Å²) in [6.07, 6.45) is 0. The maximum atomic E-state index is 12.0. The average molecular weight is 281 g/mol. The predicted octanol–water partition coefficient (Wildman–Crippen LogP) is 3.15. The molecule has 0 saturated heterocycles. The van der Waals surface area contributed by atoms with Gasteiger partial charge in [-0.3, -0.25) is 9.36 Å². The van der Waals surface area contributed by atoms with Crippen molar-refractivity contribution in [3.63, 3.8) is 0 Å². The lowest BCUT2D eigenvalue weighted by molar-refractivity contribution is 0.101. The number of aryl methyl sites for hydroxylation is 1. The molecule has 0 fully saturated rings. The molecule has 4 nitrogen and oxygen atoms in total. The Kier molecular flexibility index (Phi) is 3.22. The molecular weight excluding hydrogens is 266 g/mol. The number of fused-ring (bicyclic) bond motifs is 1. The van der Waals surface area contributed by atoms with Crippen LogP contribution in [0.3, 0.4) is 0 Å². The number of ketones is 1. The SMILES string of the molecule is CC(=O)c1ccc2c(c1)oc(=O)n2Cc1ccc(C)cc1. The number of rotatable bonds is 3. The molecule has 0 unspecified atom stereocenters. The highest BCUT2D eigenvalue weighted by atomic mass is 16.4. The van der Waals surface area contributed by atoms with E-state index in [4.69, 9.17) is 4.42 Å². The molecule has 21 heavy (non-hydrogen) atoms. The van der Waals surface area contributed by atoms with E-state index >= 15 is 0 Å². The fraction of sp³-hybridized carbons (Fsp3) is 0.176. The van der Waals surface area contributed by atoms with Gasteiger partial charge in [-0.15, -0.1) is 0 Å². The van der Waals surface area contributed by atoms with Crippen LogP contribution in [-0.4, -0.2) is 10.4 Å². The molecule has 0 atom stereocenters. The number of carbonyl (C=O) groups is 1. The Morgan fingerprint density at radius 1 is 1.14 bits per heavy atom. The summed E-state index contributed by atoms with van der Waals surface area (Å²) in [6.45, 7) is 3.96. The standard InChI is InChI=1S/C17H15NO3/c1-11-3-5-13(6-4-11)10-18-15-8-7-14(12(2)19)9-16(15)21-17(18)20/h3-9H,10H2,1-2H3. The molecule has 0 aliphatic heterocycles. The molecule has 3 aromatic rings. The van der Waals surface area contributed by atoms with E-state index in [0.717, 1.165) is 5.56 Å². The molecule has 0 saturated carbocycles. The summed E-state index contributed by atoms with van der Waals surface area (Å²) in [5.41, 5.74) is 3.89. The number of nitrogens with zero attached hydrogens (tertiary/aromatic N) is 1. The first-order valence-corrected chi connectivity index (χ1v) is 6.74. The highest BCUT2D eigenvalue weighted by Crippen LogP contribution is 2.17. The van der Waals surface area contributed by atoms with E-state index in [2.05, 4.69) is 0 Å². The second-order valence-electron chi connectivity index (χ2n) is 5.18. The molecule has 0 amide bonds. The van der Waals surface area contributed by atoms with Crippen LogP contribution < -0.4 is 5.76 Å². The van der Waals surface area contributed by atoms with Gasteiger partial charge in [-0.05, 0) is 37.6 Å². The Morgan fingerprint density at radius 2 is 1.86 bits per heavy atom. The summed E-state index contributed by atoms with van der Waals surface area (Å²) in [6, 6.07) is 13.1. The van der Waals surface area contributed by atoms with Crippen LogP contribution in [0.5, 0.6) is 0 Å². The Morgan fingerprint density at radius 3 is 2.52 bits per heavy atom. The highest BCUT2D eigenvalue weighted by Gasteiger charge is 2.11. The molecule has 1 aromatic heterocycles. The largest absolute Gasteiger partial charge is 0.420 e. The summed E-state index contributed by atoms with van der Waals surface area (Å²) in [5.74, 6) is -0.461. The van der Waals surface area contributed by atoms with Gasteiger partial charge in [-0.25, -0.2) is 4.79 Å². The third kappa shape index (κ3) is 2.52. The van der Waals surface area contributed by atoms with Gasteiger partial charge in [0.2, 0.25) is 0 Å². The number of Topliss-reactive ketones (excluding diaryl/α,β-unsaturated/α-hetero) is 1. The van der Waals surface area contributed by atoms with Crippen molar-refractivity contribution in [3.8, 4) is 0 Å². The van der Waals surface area contributed by atoms with Gasteiger partial charge in [0, 0.05) is 5.56 Å². The maximum Gasteiger partial charge on any atom is 0.420 e. The third-order valence-corrected chi connectivity index (χ3v) is 3.54. The zero-order valence-electron chi connectivity index (χ0n) is 11.9. The van der Waals surface area contributed by atoms with Crippen molar-refractivity contribution < 1.29 is 9.21 Å². The number of aromatic nitrogens is 1. The number of oxazole rings is 1. The van der Waals surface area contributed by atoms with Crippen LogP contribution in [0, 0.1) is 6.92 Å². The third-order valence-electron chi connectivity index (χ3n) is 3.54. The minimum absolute atomic E-state index is 0.0502. The summed E-state index contributed by atoms with van der Waals surface area (Å²) >= 11 is 0. The smallest absolute Gasteiger partial charge is 0.408 e. The van der Waals surface area contributed by atoms with Crippen molar-refractivity contribution in [2.24, 2.45) is 0 Å². The molecule has 4 heteroatoms. The zero-order chi connectivity index (χ0) is 15.0. The van der Waals surface area contributed by atoms with Gasteiger partial charge >= 0.3 is 5.76 Å². The van der Waals surface area contributed by atoms with Gasteiger partial charge in [-0.1, -0.05) is 29.8 Å². The van der Waals surface area contributed by atoms with Crippen molar-refractivity contribution in [1.82, 2.24) is 4.57 Å². The molecule has 0 radical (unpaired) electrons. The van der Waals surface area contributed by atoms with E-state index in [1.54, 1.807) is 22.8 Å². The van der Waals surface area contributed by atoms with Gasteiger partial charge in [-0.2, -0.15) is 0 Å². The molecule has 1 heterocycles. The highest BCUT2D eigenvalue weighted by molar-refractivity contribution is 5.96. The fourth-order valence-electron chi connectivity index (χ4n) is 2.31. The molecule has 0 aliphatic rings. The van der Waals surface area contributed by atoms with E-state index in [1.165, 1.54) is 12.5 Å². The molecule has 2 aromatic carbocycles. The van der Waals surface area contributed by atoms with Crippen LogP contribution >= 0.6 is 0 Å². The van der Waals surface area contributed by atoms with Crippen molar-refractivity contribution in [3.05, 3.63) is 69.7 Å². The normalized spacial score (nSPS) is 11.0. The lowest BCUT2D eigenvalue weighted by Gasteiger charge is -2.03. The second kappa shape index (κ2) is 5.05. The van der Waals surface area contributed by atoms with Crippen LogP contribution in [0.25, 0.3) is 11.1 Å². The van der Waals surface area contributed by atoms with Gasteiger partial charge in [0.25, 0.3) is 0 Å². The minimum atomic E-state index is -0.411. The fourth-order valence-corrected chi connectivity index (χ4v) is 2.31. The van der Waals surface area contributed by atoms with Crippen molar-refractivity contribution in [2.75, 3.05) is 0 Å². The first-order valence-electron chi connectivity index (χ1n) is 6.74. The number of hydrogen-bond acceptors (Lipinski definition) is 3. The monoisotopic (exact) mass is 281 g/mol. The molecule has 0 aliphatic carbocycles. The van der Waals surface area contributed by atoms with Crippen LogP contribution in [0.2, 0.25) is 0 Å². The van der Waals surface area contributed by atoms with Crippen LogP contribution in [0.1, 0.15) is 28.4 Å². The summed E-state index contributed by atoms with van der Waals surface area (Å²) in [7, 11) is 0. The first-order chi connectivity index (χ1) is 10.0. The molecule has 0 N–H and O–H groups in total. The quantitative estimate of drug-likeness (QED) is 0.693. The maximum absolute atomic E-state index is 12.0. The van der Waals surface area contributed by atoms with Gasteiger partial charge < -0.3 is 4.42 Å². The molecule has 3 rings (SSSR count). The summed E-state index contributed by atoms with van der Waals surface area (Å²) in [5, 5.41) is 0. The topological polar surface area (TPSA) is 52.2 Å². The minimum Gasteiger partial charge on any atom is -0.408 e. The molecule has 0 spiro atoms. The average Bonchev–Trinajstić information content (AvgIpc) is 2.76. The molecule has 106 valence electrons. The lowest BCUT2D eigenvalue weighted by Crippen LogP contribution is -2.14. The number of benzene rings is 2. The van der Waals surface area contributed by atoms with E-state index in [0.29, 0.717) is 23.2 Å². The van der Waals surface area contributed by atoms with Crippen LogP contribution in [0.15, 0.2) is 51.7 Å². The van der Waals surface area contributed by atoms with Crippen molar-refractivity contribution in [1.29, 1.82) is 0 Å². The Labute approximate surface area is 121 Å². The van der Waals surface area contributed by atoms with E-state index < -0.39 is 5.76 Å². The second-order valence-corrected chi connectivity index (χ2v) is 5.18. The van der Waals surface area contributed by atoms with Crippen LogP contribution in [-0.2, 0) is 6.54 Å². The van der Waals surface area contributed by atoms with Crippen molar-refractivity contribution in [2.45, 2.75) is 20.4 Å². The Bertz CT molecular complexity index is 869. The lowest BCUT2D eigenvalue weighted by atomic mass is 10.1. The van der Waals surface area contributed by atoms with E-state index in [1.807, 2.05) is 31.2 Å². The summed E-state index contributed by atoms with van der Waals surface area (Å²) in [4.78, 5) is 23.4. The summed E-state index contributed by atoms with van der Waals surface area (Å²) < 4.78 is 6.81. The first kappa shape index (κ1) is 13.4. The molecular formula is C17H15NO3. The zero-order valence-corrected chi connectivity index (χ0v) is 11.9. The van der Waals surface area contributed by atoms with E-state index in [-0.39, 0.29) is 5.78 Å². The Hall–Kier alpha value is -2.62. The van der Waals surface area contributed by atoms with Gasteiger partial charge in [0.05, 0.1) is 12.1 Å². The Balaban J connectivity index is 2.06. The van der Waals surface area contributed by atoms with Gasteiger partial charge in [0.1, 0.15) is 0 Å². The molecule has 0 bridgehead atoms. The number of carbonyl (C=O) groups excluding carboxylic acids is 1. The van der Waals surface area contributed by atoms with Crippen LogP contribution in [0.4, 0.5) is 0 Å². The number of hydrogen-bond donors (Lipinski definition) is 0. The predicted molar refractivity (Wildman–Crippen MR) is 80.8 cm³/mol. The van der Waals surface area contributed by atoms with E-state index in [9.17, 15) is 9.59 Å². The van der Waals surface area contributed by atoms with Gasteiger partial charge in [0.15, 0.2) is 11.4 Å².